The fourth-order valence-corrected chi connectivity index (χ4v) is 4.74. The molecule has 136 valence electrons. The molecule has 1 unspecified atom stereocenters. The van der Waals surface area contributed by atoms with E-state index in [1.165, 1.54) is 40.6 Å². The van der Waals surface area contributed by atoms with Gasteiger partial charge in [-0.05, 0) is 70.3 Å². The number of nitrogens with zero attached hydrogens (tertiary/aromatic N) is 2. The molecule has 0 amide bonds. The normalized spacial score (nSPS) is 25.9. The Bertz CT molecular complexity index is 747. The molecule has 4 heteroatoms. The van der Waals surface area contributed by atoms with E-state index in [1.54, 1.807) is 0 Å². The van der Waals surface area contributed by atoms with Gasteiger partial charge in [-0.25, -0.2) is 0 Å². The lowest BCUT2D eigenvalue weighted by atomic mass is 9.91. The number of aliphatic hydroxyl groups is 1. The van der Waals surface area contributed by atoms with Crippen molar-refractivity contribution < 1.29 is 5.11 Å². The fraction of sp³-hybridized carbons (Fsp3) is 0.619. The largest absolute Gasteiger partial charge is 0.387 e. The highest BCUT2D eigenvalue weighted by Crippen LogP contribution is 2.28. The smallest absolute Gasteiger partial charge is 0.0900 e. The number of para-hydroxylation sites is 1. The SMILES string of the molecule is Cc1[nH]c2c(CN3CCCC(O)(CN4CCCC4)C3)cccc2c1C. The molecule has 1 aromatic carbocycles. The van der Waals surface area contributed by atoms with Gasteiger partial charge in [0, 0.05) is 30.7 Å². The van der Waals surface area contributed by atoms with Gasteiger partial charge in [-0.1, -0.05) is 18.2 Å². The quantitative estimate of drug-likeness (QED) is 0.897. The third-order valence-corrected chi connectivity index (χ3v) is 6.17. The van der Waals surface area contributed by atoms with Crippen LogP contribution in [0.15, 0.2) is 18.2 Å². The summed E-state index contributed by atoms with van der Waals surface area (Å²) in [5, 5.41) is 12.5. The molecular weight excluding hydrogens is 310 g/mol. The van der Waals surface area contributed by atoms with Crippen molar-refractivity contribution in [2.75, 3.05) is 32.7 Å². The third kappa shape index (κ3) is 3.48. The Morgan fingerprint density at radius 3 is 2.64 bits per heavy atom. The minimum atomic E-state index is -0.544. The Morgan fingerprint density at radius 2 is 1.84 bits per heavy atom. The molecule has 2 saturated heterocycles. The van der Waals surface area contributed by atoms with Gasteiger partial charge in [0.05, 0.1) is 11.1 Å². The topological polar surface area (TPSA) is 42.5 Å². The second kappa shape index (κ2) is 6.75. The van der Waals surface area contributed by atoms with E-state index in [0.717, 1.165) is 52.1 Å². The van der Waals surface area contributed by atoms with Crippen molar-refractivity contribution >= 4 is 10.9 Å². The van der Waals surface area contributed by atoms with Crippen molar-refractivity contribution in [3.63, 3.8) is 0 Å². The molecule has 2 aliphatic heterocycles. The highest BCUT2D eigenvalue weighted by Gasteiger charge is 2.35. The number of benzene rings is 1. The van der Waals surface area contributed by atoms with E-state index in [-0.39, 0.29) is 0 Å². The van der Waals surface area contributed by atoms with E-state index < -0.39 is 5.60 Å². The Morgan fingerprint density at radius 1 is 1.08 bits per heavy atom. The average molecular weight is 341 g/mol. The van der Waals surface area contributed by atoms with Gasteiger partial charge < -0.3 is 15.0 Å². The highest BCUT2D eigenvalue weighted by atomic mass is 16.3. The number of aromatic amines is 1. The van der Waals surface area contributed by atoms with Crippen LogP contribution in [0.5, 0.6) is 0 Å². The van der Waals surface area contributed by atoms with E-state index in [0.29, 0.717) is 0 Å². The number of aromatic nitrogens is 1. The fourth-order valence-electron chi connectivity index (χ4n) is 4.74. The first-order valence-corrected chi connectivity index (χ1v) is 9.78. The molecule has 4 nitrogen and oxygen atoms in total. The molecule has 0 spiro atoms. The molecule has 4 rings (SSSR count). The predicted molar refractivity (Wildman–Crippen MR) is 103 cm³/mol. The number of piperidine rings is 1. The summed E-state index contributed by atoms with van der Waals surface area (Å²) >= 11 is 0. The van der Waals surface area contributed by atoms with Crippen LogP contribution in [0.1, 0.15) is 42.5 Å². The van der Waals surface area contributed by atoms with Crippen molar-refractivity contribution in [2.24, 2.45) is 0 Å². The highest BCUT2D eigenvalue weighted by molar-refractivity contribution is 5.87. The van der Waals surface area contributed by atoms with Crippen LogP contribution in [0.4, 0.5) is 0 Å². The lowest BCUT2D eigenvalue weighted by Crippen LogP contribution is -2.53. The number of H-pyrrole nitrogens is 1. The number of β-amino-alcohol motifs (C(OH)–C–C–N with tert-alkyl or cyclic N) is 1. The van der Waals surface area contributed by atoms with Gasteiger partial charge in [0.15, 0.2) is 0 Å². The van der Waals surface area contributed by atoms with Crippen LogP contribution < -0.4 is 0 Å². The Kier molecular flexibility index (Phi) is 4.61. The van der Waals surface area contributed by atoms with Gasteiger partial charge in [0.25, 0.3) is 0 Å². The van der Waals surface area contributed by atoms with Gasteiger partial charge in [0.2, 0.25) is 0 Å². The molecule has 1 atom stereocenters. The van der Waals surface area contributed by atoms with E-state index in [9.17, 15) is 5.11 Å². The van der Waals surface area contributed by atoms with Crippen LogP contribution in [0, 0.1) is 13.8 Å². The zero-order valence-corrected chi connectivity index (χ0v) is 15.6. The van der Waals surface area contributed by atoms with Crippen LogP contribution in [-0.2, 0) is 6.54 Å². The molecule has 25 heavy (non-hydrogen) atoms. The molecule has 3 heterocycles. The maximum absolute atomic E-state index is 11.2. The second-order valence-corrected chi connectivity index (χ2v) is 8.24. The molecule has 2 aliphatic rings. The lowest BCUT2D eigenvalue weighted by molar-refractivity contribution is -0.0518. The molecule has 2 fully saturated rings. The summed E-state index contributed by atoms with van der Waals surface area (Å²) in [6.45, 7) is 10.3. The Balaban J connectivity index is 1.50. The first kappa shape index (κ1) is 17.1. The van der Waals surface area contributed by atoms with Crippen LogP contribution in [-0.4, -0.2) is 58.2 Å². The number of aryl methyl sites for hydroxylation is 2. The molecule has 1 aromatic heterocycles. The van der Waals surface area contributed by atoms with Gasteiger partial charge in [-0.15, -0.1) is 0 Å². The minimum Gasteiger partial charge on any atom is -0.387 e. The molecule has 0 radical (unpaired) electrons. The summed E-state index contributed by atoms with van der Waals surface area (Å²) in [5.41, 5.74) is 4.68. The maximum atomic E-state index is 11.2. The lowest BCUT2D eigenvalue weighted by Gasteiger charge is -2.41. The number of hydrogen-bond donors (Lipinski definition) is 2. The third-order valence-electron chi connectivity index (χ3n) is 6.17. The number of fused-ring (bicyclic) bond motifs is 1. The van der Waals surface area contributed by atoms with E-state index in [4.69, 9.17) is 0 Å². The van der Waals surface area contributed by atoms with E-state index >= 15 is 0 Å². The monoisotopic (exact) mass is 341 g/mol. The summed E-state index contributed by atoms with van der Waals surface area (Å²) in [6.07, 6.45) is 4.59. The van der Waals surface area contributed by atoms with E-state index in [2.05, 4.69) is 46.8 Å². The number of hydrogen-bond acceptors (Lipinski definition) is 3. The number of likely N-dealkylation sites (tertiary alicyclic amines) is 2. The zero-order valence-electron chi connectivity index (χ0n) is 15.6. The molecule has 0 aliphatic carbocycles. The molecule has 2 aromatic rings. The van der Waals surface area contributed by atoms with Crippen molar-refractivity contribution in [1.29, 1.82) is 0 Å². The molecule has 2 N–H and O–H groups in total. The van der Waals surface area contributed by atoms with Crippen LogP contribution in [0.25, 0.3) is 10.9 Å². The van der Waals surface area contributed by atoms with Crippen molar-refractivity contribution in [3.05, 3.63) is 35.0 Å². The first-order valence-electron chi connectivity index (χ1n) is 9.78. The number of nitrogens with one attached hydrogen (secondary N) is 1. The Hall–Kier alpha value is -1.36. The van der Waals surface area contributed by atoms with Crippen LogP contribution >= 0.6 is 0 Å². The van der Waals surface area contributed by atoms with Gasteiger partial charge in [-0.3, -0.25) is 4.90 Å². The van der Waals surface area contributed by atoms with Crippen molar-refractivity contribution in [3.8, 4) is 0 Å². The molecular formula is C21H31N3O. The Labute approximate surface area is 150 Å². The summed E-state index contributed by atoms with van der Waals surface area (Å²) in [7, 11) is 0. The standard InChI is InChI=1S/C21H31N3O/c1-16-17(2)22-20-18(7-5-8-19(16)20)13-24-12-6-9-21(25,15-24)14-23-10-3-4-11-23/h5,7-8,22,25H,3-4,6,9-15H2,1-2H3. The number of rotatable bonds is 4. The van der Waals surface area contributed by atoms with Crippen molar-refractivity contribution in [2.45, 2.75) is 51.7 Å². The predicted octanol–water partition coefficient (Wildman–Crippen LogP) is 3.21. The van der Waals surface area contributed by atoms with Gasteiger partial charge in [-0.2, -0.15) is 0 Å². The van der Waals surface area contributed by atoms with Gasteiger partial charge >= 0.3 is 0 Å². The van der Waals surface area contributed by atoms with Crippen LogP contribution in [0.2, 0.25) is 0 Å². The molecule has 0 bridgehead atoms. The van der Waals surface area contributed by atoms with E-state index in [1.807, 2.05) is 0 Å². The maximum Gasteiger partial charge on any atom is 0.0900 e. The van der Waals surface area contributed by atoms with Crippen molar-refractivity contribution in [1.82, 2.24) is 14.8 Å². The summed E-state index contributed by atoms with van der Waals surface area (Å²) in [4.78, 5) is 8.46. The summed E-state index contributed by atoms with van der Waals surface area (Å²) < 4.78 is 0. The zero-order chi connectivity index (χ0) is 17.4. The van der Waals surface area contributed by atoms with Gasteiger partial charge in [0.1, 0.15) is 0 Å². The summed E-state index contributed by atoms with van der Waals surface area (Å²) in [5.74, 6) is 0. The minimum absolute atomic E-state index is 0.544. The first-order chi connectivity index (χ1) is 12.0. The second-order valence-electron chi connectivity index (χ2n) is 8.24. The average Bonchev–Trinajstić information content (AvgIpc) is 3.17. The molecule has 0 saturated carbocycles. The van der Waals surface area contributed by atoms with Crippen LogP contribution in [0.3, 0.4) is 0 Å². The summed E-state index contributed by atoms with van der Waals surface area (Å²) in [6, 6.07) is 6.60.